The fraction of sp³-hybridized carbons (Fsp3) is 0.524. The van der Waals surface area contributed by atoms with Gasteiger partial charge in [-0.25, -0.2) is 9.78 Å². The van der Waals surface area contributed by atoms with Crippen molar-refractivity contribution < 1.29 is 39.0 Å². The molecule has 0 spiro atoms. The molecule has 0 aliphatic carbocycles. The van der Waals surface area contributed by atoms with E-state index in [-0.39, 0.29) is 44.6 Å². The second-order valence-electron chi connectivity index (χ2n) is 8.46. The fourth-order valence-electron chi connectivity index (χ4n) is 3.25. The molecule has 0 fully saturated rings. The first-order valence-electron chi connectivity index (χ1n) is 11.7. The number of aliphatic imine (C=N–C) groups is 1. The van der Waals surface area contributed by atoms with Crippen LogP contribution in [0.25, 0.3) is 0 Å². The molecule has 0 aliphatic heterocycles. The predicted octanol–water partition coefficient (Wildman–Crippen LogP) is -4.39. The van der Waals surface area contributed by atoms with E-state index in [4.69, 9.17) is 28.0 Å². The van der Waals surface area contributed by atoms with Crippen LogP contribution < -0.4 is 38.9 Å². The summed E-state index contributed by atoms with van der Waals surface area (Å²) in [6.07, 6.45) is 1.56. The number of rotatable bonds is 18. The average molecular weight is 555 g/mol. The summed E-state index contributed by atoms with van der Waals surface area (Å²) >= 11 is 0. The zero-order chi connectivity index (χ0) is 29.5. The first-order valence-corrected chi connectivity index (χ1v) is 11.7. The first kappa shape index (κ1) is 32.3. The monoisotopic (exact) mass is 554 g/mol. The number of amides is 4. The molecule has 4 unspecified atom stereocenters. The molecule has 1 rings (SSSR count). The number of hydrogen-bond donors (Lipinski definition) is 10. The molecule has 0 radical (unpaired) electrons. The Bertz CT molecular complexity index is 1040. The number of carbonyl (C=O) groups excluding carboxylic acids is 4. The van der Waals surface area contributed by atoms with E-state index in [1.807, 2.05) is 5.32 Å². The van der Waals surface area contributed by atoms with Crippen LogP contribution in [0.2, 0.25) is 0 Å². The smallest absolute Gasteiger partial charge is 0.326 e. The van der Waals surface area contributed by atoms with Crippen LogP contribution in [0.5, 0.6) is 0 Å². The van der Waals surface area contributed by atoms with Gasteiger partial charge in [0.25, 0.3) is 0 Å². The molecule has 0 aromatic carbocycles. The Kier molecular flexibility index (Phi) is 13.4. The second kappa shape index (κ2) is 16.2. The van der Waals surface area contributed by atoms with Crippen molar-refractivity contribution in [2.45, 2.75) is 62.7 Å². The van der Waals surface area contributed by atoms with Crippen LogP contribution in [0.3, 0.4) is 0 Å². The molecule has 216 valence electrons. The Morgan fingerprint density at radius 1 is 0.923 bits per heavy atom. The summed E-state index contributed by atoms with van der Waals surface area (Å²) in [6, 6.07) is -5.60. The minimum absolute atomic E-state index is 0.00601. The van der Waals surface area contributed by atoms with Crippen molar-refractivity contribution in [3.8, 4) is 0 Å². The highest BCUT2D eigenvalue weighted by Crippen LogP contribution is 2.06. The molecule has 0 saturated heterocycles. The van der Waals surface area contributed by atoms with Gasteiger partial charge in [-0.05, 0) is 19.3 Å². The molecule has 0 saturated carbocycles. The predicted molar refractivity (Wildman–Crippen MR) is 134 cm³/mol. The van der Waals surface area contributed by atoms with Crippen LogP contribution in [0.1, 0.15) is 37.8 Å². The van der Waals surface area contributed by atoms with Crippen LogP contribution in [-0.2, 0) is 35.2 Å². The second-order valence-corrected chi connectivity index (χ2v) is 8.46. The van der Waals surface area contributed by atoms with E-state index < -0.39 is 66.2 Å². The molecule has 1 aromatic heterocycles. The molecular weight excluding hydrogens is 520 g/mol. The van der Waals surface area contributed by atoms with Gasteiger partial charge in [-0.2, -0.15) is 0 Å². The molecule has 1 aromatic rings. The van der Waals surface area contributed by atoms with Gasteiger partial charge in [0.2, 0.25) is 23.6 Å². The van der Waals surface area contributed by atoms with Gasteiger partial charge >= 0.3 is 11.9 Å². The van der Waals surface area contributed by atoms with E-state index in [9.17, 15) is 33.9 Å². The van der Waals surface area contributed by atoms with Crippen molar-refractivity contribution in [2.24, 2.45) is 27.9 Å². The number of H-pyrrole nitrogens is 1. The van der Waals surface area contributed by atoms with Crippen molar-refractivity contribution in [3.63, 3.8) is 0 Å². The van der Waals surface area contributed by atoms with Crippen LogP contribution in [-0.4, -0.2) is 92.4 Å². The van der Waals surface area contributed by atoms with Crippen LogP contribution in [0.15, 0.2) is 17.5 Å². The molecule has 39 heavy (non-hydrogen) atoms. The number of carboxylic acids is 2. The third-order valence-corrected chi connectivity index (χ3v) is 5.22. The Hall–Kier alpha value is -4.74. The van der Waals surface area contributed by atoms with Crippen LogP contribution >= 0.6 is 0 Å². The molecule has 18 heteroatoms. The minimum Gasteiger partial charge on any atom is -0.481 e. The number of nitrogens with two attached hydrogens (primary N) is 4. The van der Waals surface area contributed by atoms with E-state index >= 15 is 0 Å². The lowest BCUT2D eigenvalue weighted by Gasteiger charge is -2.25. The maximum absolute atomic E-state index is 13.1. The Labute approximate surface area is 222 Å². The lowest BCUT2D eigenvalue weighted by atomic mass is 10.1. The highest BCUT2D eigenvalue weighted by molar-refractivity contribution is 5.95. The summed E-state index contributed by atoms with van der Waals surface area (Å²) in [5, 5.41) is 25.0. The number of aromatic nitrogens is 2. The average Bonchev–Trinajstić information content (AvgIpc) is 3.35. The minimum atomic E-state index is -1.81. The van der Waals surface area contributed by atoms with Crippen LogP contribution in [0, 0.1) is 0 Å². The van der Waals surface area contributed by atoms with E-state index in [2.05, 4.69) is 25.6 Å². The van der Waals surface area contributed by atoms with Crippen molar-refractivity contribution in [1.29, 1.82) is 0 Å². The van der Waals surface area contributed by atoms with E-state index in [1.54, 1.807) is 0 Å². The SMILES string of the molecule is NC(=O)CCC(NC(=O)C(CCCN=C(N)N)NC(=O)C(N)Cc1cnc[nH]1)C(=O)NC(CC(=O)O)C(=O)O. The number of carboxylic acid groups (broad SMARTS) is 2. The number of guanidine groups is 1. The van der Waals surface area contributed by atoms with Gasteiger partial charge in [-0.15, -0.1) is 0 Å². The van der Waals surface area contributed by atoms with Gasteiger partial charge in [0.15, 0.2) is 5.96 Å². The van der Waals surface area contributed by atoms with Gasteiger partial charge in [0.05, 0.1) is 18.8 Å². The zero-order valence-electron chi connectivity index (χ0n) is 21.0. The van der Waals surface area contributed by atoms with Gasteiger partial charge in [0.1, 0.15) is 18.1 Å². The molecule has 4 amide bonds. The quantitative estimate of drug-likeness (QED) is 0.0467. The van der Waals surface area contributed by atoms with Crippen molar-refractivity contribution in [2.75, 3.05) is 6.54 Å². The number of carbonyl (C=O) groups is 6. The summed E-state index contributed by atoms with van der Waals surface area (Å²) in [7, 11) is 0. The molecule has 18 nitrogen and oxygen atoms in total. The highest BCUT2D eigenvalue weighted by atomic mass is 16.4. The summed E-state index contributed by atoms with van der Waals surface area (Å²) in [5.74, 6) is -6.74. The Balaban J connectivity index is 3.05. The third kappa shape index (κ3) is 12.9. The van der Waals surface area contributed by atoms with Gasteiger partial charge in [0, 0.05) is 31.3 Å². The Morgan fingerprint density at radius 3 is 2.03 bits per heavy atom. The maximum atomic E-state index is 13.1. The zero-order valence-corrected chi connectivity index (χ0v) is 21.0. The third-order valence-electron chi connectivity index (χ3n) is 5.22. The van der Waals surface area contributed by atoms with Gasteiger partial charge in [-0.1, -0.05) is 0 Å². The van der Waals surface area contributed by atoms with Gasteiger partial charge in [-0.3, -0.25) is 29.0 Å². The highest BCUT2D eigenvalue weighted by Gasteiger charge is 2.31. The lowest BCUT2D eigenvalue weighted by molar-refractivity contribution is -0.147. The summed E-state index contributed by atoms with van der Waals surface area (Å²) < 4.78 is 0. The molecule has 4 atom stereocenters. The molecule has 1 heterocycles. The number of aliphatic carboxylic acids is 2. The lowest BCUT2D eigenvalue weighted by Crippen LogP contribution is -2.57. The standard InChI is InChI=1S/C21H34N10O8/c22-11(6-10-8-26-9-28-10)17(35)29-12(2-1-5-27-21(24)25)18(36)30-13(3-4-15(23)32)19(37)31-14(20(38)39)7-16(33)34/h8-9,11-14H,1-7,22H2,(H2,23,32)(H,26,28)(H,29,35)(H,30,36)(H,31,37)(H,33,34)(H,38,39)(H4,24,25,27). The summed E-state index contributed by atoms with van der Waals surface area (Å²) in [5.41, 5.74) is 22.2. The number of imidazole rings is 1. The van der Waals surface area contributed by atoms with Crippen molar-refractivity contribution in [3.05, 3.63) is 18.2 Å². The first-order chi connectivity index (χ1) is 18.3. The topological polar surface area (TPSA) is 324 Å². The summed E-state index contributed by atoms with van der Waals surface area (Å²) in [6.45, 7) is 0.114. The summed E-state index contributed by atoms with van der Waals surface area (Å²) in [4.78, 5) is 82.6. The number of nitrogens with one attached hydrogen (secondary N) is 4. The molecule has 0 bridgehead atoms. The number of primary amides is 1. The van der Waals surface area contributed by atoms with Gasteiger partial charge < -0.3 is 54.1 Å². The normalized spacial score (nSPS) is 13.7. The number of aromatic amines is 1. The molecule has 0 aliphatic rings. The van der Waals surface area contributed by atoms with E-state index in [0.29, 0.717) is 5.69 Å². The molecule has 14 N–H and O–H groups in total. The molecular formula is C21H34N10O8. The van der Waals surface area contributed by atoms with Crippen molar-refractivity contribution >= 4 is 41.5 Å². The number of nitrogens with zero attached hydrogens (tertiary/aromatic N) is 2. The fourth-order valence-corrected chi connectivity index (χ4v) is 3.25. The largest absolute Gasteiger partial charge is 0.481 e. The van der Waals surface area contributed by atoms with E-state index in [1.165, 1.54) is 12.5 Å². The van der Waals surface area contributed by atoms with E-state index in [0.717, 1.165) is 0 Å². The van der Waals surface area contributed by atoms with Crippen LogP contribution in [0.4, 0.5) is 0 Å². The van der Waals surface area contributed by atoms with Crippen molar-refractivity contribution in [1.82, 2.24) is 25.9 Å². The Morgan fingerprint density at radius 2 is 1.51 bits per heavy atom. The number of hydrogen-bond acceptors (Lipinski definition) is 9. The maximum Gasteiger partial charge on any atom is 0.326 e.